The van der Waals surface area contributed by atoms with Crippen molar-refractivity contribution in [3.63, 3.8) is 0 Å². The standard InChI is InChI=1S/C31H34N2O3/c1-30(2,3)23-16-17-31(33-20-22-11-5-8-14-27(22)35)25(18-23)29(24-12-6-9-15-28(24)36-31)32-19-21-10-4-7-13-26(21)34/h4-15,19-20,23,25,29,34-35H,16-18H2,1-3H3/t23-,25-,29+,31+/m1/s1. The lowest BCUT2D eigenvalue weighted by Crippen LogP contribution is -2.52. The predicted molar refractivity (Wildman–Crippen MR) is 144 cm³/mol. The SMILES string of the molecule is CC(C)(C)[C@@H]1CC[C@]2(N=Cc3ccccc3O)Oc3ccccc3[C@H](N=Cc3ccccc3O)[C@H]2C1. The largest absolute Gasteiger partial charge is 0.507 e. The van der Waals surface area contributed by atoms with Gasteiger partial charge in [0.1, 0.15) is 17.2 Å². The van der Waals surface area contributed by atoms with Crippen molar-refractivity contribution in [2.75, 3.05) is 0 Å². The summed E-state index contributed by atoms with van der Waals surface area (Å²) in [7, 11) is 0. The molecule has 0 amide bonds. The number of nitrogens with zero attached hydrogens (tertiary/aromatic N) is 2. The summed E-state index contributed by atoms with van der Waals surface area (Å²) in [6.45, 7) is 6.90. The van der Waals surface area contributed by atoms with Crippen LogP contribution >= 0.6 is 0 Å². The van der Waals surface area contributed by atoms with Crippen LogP contribution in [0.1, 0.15) is 62.8 Å². The Kier molecular flexibility index (Phi) is 6.33. The van der Waals surface area contributed by atoms with Crippen LogP contribution in [0.5, 0.6) is 17.2 Å². The van der Waals surface area contributed by atoms with Gasteiger partial charge in [-0.1, -0.05) is 63.2 Å². The number of benzene rings is 3. The second kappa shape index (κ2) is 9.45. The van der Waals surface area contributed by atoms with Crippen LogP contribution < -0.4 is 4.74 Å². The first-order valence-corrected chi connectivity index (χ1v) is 12.7. The molecule has 5 rings (SSSR count). The smallest absolute Gasteiger partial charge is 0.205 e. The highest BCUT2D eigenvalue weighted by atomic mass is 16.5. The minimum Gasteiger partial charge on any atom is -0.507 e. The highest BCUT2D eigenvalue weighted by Crippen LogP contribution is 2.56. The molecule has 1 saturated carbocycles. The van der Waals surface area contributed by atoms with E-state index < -0.39 is 5.72 Å². The van der Waals surface area contributed by atoms with E-state index in [-0.39, 0.29) is 28.9 Å². The molecule has 1 aliphatic carbocycles. The Bertz CT molecular complexity index is 1290. The van der Waals surface area contributed by atoms with Crippen LogP contribution in [0, 0.1) is 17.3 Å². The van der Waals surface area contributed by atoms with Crippen LogP contribution in [0.2, 0.25) is 0 Å². The monoisotopic (exact) mass is 482 g/mol. The number of fused-ring (bicyclic) bond motifs is 2. The fraction of sp³-hybridized carbons (Fsp3) is 0.355. The number of para-hydroxylation sites is 3. The van der Waals surface area contributed by atoms with Crippen molar-refractivity contribution in [2.24, 2.45) is 27.2 Å². The Labute approximate surface area is 213 Å². The van der Waals surface area contributed by atoms with Gasteiger partial charge >= 0.3 is 0 Å². The number of hydrogen-bond donors (Lipinski definition) is 2. The fourth-order valence-electron chi connectivity index (χ4n) is 5.59. The molecule has 3 aromatic rings. The summed E-state index contributed by atoms with van der Waals surface area (Å²) >= 11 is 0. The molecule has 2 N–H and O–H groups in total. The summed E-state index contributed by atoms with van der Waals surface area (Å²) in [6, 6.07) is 22.4. The summed E-state index contributed by atoms with van der Waals surface area (Å²) in [5.74, 6) is 1.68. The number of phenolic OH excluding ortho intramolecular Hbond substituents is 2. The Hall–Kier alpha value is -3.60. The van der Waals surface area contributed by atoms with Gasteiger partial charge in [-0.05, 0) is 54.5 Å². The summed E-state index contributed by atoms with van der Waals surface area (Å²) in [5.41, 5.74) is 1.75. The zero-order valence-corrected chi connectivity index (χ0v) is 21.1. The van der Waals surface area contributed by atoms with Crippen molar-refractivity contribution in [1.29, 1.82) is 0 Å². The van der Waals surface area contributed by atoms with E-state index in [1.54, 1.807) is 30.6 Å². The third-order valence-electron chi connectivity index (χ3n) is 7.77. The van der Waals surface area contributed by atoms with Gasteiger partial charge < -0.3 is 14.9 Å². The minimum absolute atomic E-state index is 0.00501. The van der Waals surface area contributed by atoms with Gasteiger partial charge in [-0.2, -0.15) is 0 Å². The first kappa shape index (κ1) is 24.1. The molecule has 0 unspecified atom stereocenters. The molecule has 186 valence electrons. The Morgan fingerprint density at radius 2 is 1.47 bits per heavy atom. The van der Waals surface area contributed by atoms with Crippen molar-refractivity contribution in [3.8, 4) is 17.2 Å². The number of ether oxygens (including phenoxy) is 1. The maximum absolute atomic E-state index is 10.3. The van der Waals surface area contributed by atoms with Crippen LogP contribution in [0.25, 0.3) is 0 Å². The van der Waals surface area contributed by atoms with Gasteiger partial charge in [-0.25, -0.2) is 4.99 Å². The second-order valence-electron chi connectivity index (χ2n) is 11.0. The zero-order valence-electron chi connectivity index (χ0n) is 21.1. The van der Waals surface area contributed by atoms with Gasteiger partial charge in [0.15, 0.2) is 0 Å². The van der Waals surface area contributed by atoms with Crippen LogP contribution in [-0.4, -0.2) is 28.4 Å². The first-order chi connectivity index (χ1) is 17.3. The summed E-state index contributed by atoms with van der Waals surface area (Å²) in [5, 5.41) is 20.7. The van der Waals surface area contributed by atoms with Crippen LogP contribution in [0.15, 0.2) is 82.8 Å². The maximum Gasteiger partial charge on any atom is 0.205 e. The van der Waals surface area contributed by atoms with E-state index in [1.165, 1.54) is 0 Å². The van der Waals surface area contributed by atoms with Crippen LogP contribution in [0.3, 0.4) is 0 Å². The number of hydrogen-bond acceptors (Lipinski definition) is 5. The average Bonchev–Trinajstić information content (AvgIpc) is 2.86. The predicted octanol–water partition coefficient (Wildman–Crippen LogP) is 6.93. The number of phenols is 2. The van der Waals surface area contributed by atoms with Gasteiger partial charge in [0.05, 0.1) is 6.04 Å². The summed E-state index contributed by atoms with van der Waals surface area (Å²) < 4.78 is 6.75. The van der Waals surface area contributed by atoms with Crippen LogP contribution in [0.4, 0.5) is 0 Å². The summed E-state index contributed by atoms with van der Waals surface area (Å²) in [6.07, 6.45) is 6.20. The van der Waals surface area contributed by atoms with Crippen LogP contribution in [-0.2, 0) is 0 Å². The molecule has 1 fully saturated rings. The zero-order chi connectivity index (χ0) is 25.3. The third kappa shape index (κ3) is 4.62. The quantitative estimate of drug-likeness (QED) is 0.396. The van der Waals surface area contributed by atoms with Crippen molar-refractivity contribution in [1.82, 2.24) is 0 Å². The second-order valence-corrected chi connectivity index (χ2v) is 11.0. The fourth-order valence-corrected chi connectivity index (χ4v) is 5.59. The summed E-state index contributed by atoms with van der Waals surface area (Å²) in [4.78, 5) is 10.2. The minimum atomic E-state index is -0.793. The van der Waals surface area contributed by atoms with Gasteiger partial charge in [-0.15, -0.1) is 0 Å². The molecular formula is C31H34N2O3. The van der Waals surface area contributed by atoms with Gasteiger partial charge in [0.2, 0.25) is 5.72 Å². The van der Waals surface area contributed by atoms with Gasteiger partial charge in [0, 0.05) is 41.5 Å². The van der Waals surface area contributed by atoms with E-state index in [9.17, 15) is 10.2 Å². The lowest BCUT2D eigenvalue weighted by molar-refractivity contribution is -0.0717. The lowest BCUT2D eigenvalue weighted by atomic mass is 9.63. The molecule has 0 bridgehead atoms. The Morgan fingerprint density at radius 3 is 2.14 bits per heavy atom. The van der Waals surface area contributed by atoms with E-state index in [0.29, 0.717) is 17.0 Å². The third-order valence-corrected chi connectivity index (χ3v) is 7.77. The molecule has 36 heavy (non-hydrogen) atoms. The van der Waals surface area contributed by atoms with E-state index in [0.717, 1.165) is 30.6 Å². The van der Waals surface area contributed by atoms with E-state index >= 15 is 0 Å². The molecule has 0 saturated heterocycles. The molecule has 3 aromatic carbocycles. The van der Waals surface area contributed by atoms with Gasteiger partial charge in [0.25, 0.3) is 0 Å². The normalized spacial score (nSPS) is 25.9. The Morgan fingerprint density at radius 1 is 0.861 bits per heavy atom. The molecular weight excluding hydrogens is 448 g/mol. The highest BCUT2D eigenvalue weighted by molar-refractivity contribution is 5.84. The van der Waals surface area contributed by atoms with Crippen molar-refractivity contribution in [2.45, 2.75) is 51.8 Å². The average molecular weight is 483 g/mol. The van der Waals surface area contributed by atoms with E-state index in [1.807, 2.05) is 48.5 Å². The molecule has 5 heteroatoms. The van der Waals surface area contributed by atoms with Crippen molar-refractivity contribution >= 4 is 12.4 Å². The topological polar surface area (TPSA) is 74.4 Å². The van der Waals surface area contributed by atoms with E-state index in [4.69, 9.17) is 14.7 Å². The molecule has 0 radical (unpaired) electrons. The molecule has 2 aliphatic rings. The molecule has 1 heterocycles. The van der Waals surface area contributed by atoms with E-state index in [2.05, 4.69) is 26.8 Å². The lowest BCUT2D eigenvalue weighted by Gasteiger charge is -2.51. The van der Waals surface area contributed by atoms with Crippen molar-refractivity contribution in [3.05, 3.63) is 89.5 Å². The Balaban J connectivity index is 1.62. The van der Waals surface area contributed by atoms with Crippen molar-refractivity contribution < 1.29 is 14.9 Å². The molecule has 0 aromatic heterocycles. The highest BCUT2D eigenvalue weighted by Gasteiger charge is 2.54. The first-order valence-electron chi connectivity index (χ1n) is 12.7. The molecule has 1 aliphatic heterocycles. The molecule has 5 nitrogen and oxygen atoms in total. The number of aromatic hydroxyl groups is 2. The van der Waals surface area contributed by atoms with Gasteiger partial charge in [-0.3, -0.25) is 4.99 Å². The molecule has 0 spiro atoms. The number of rotatable bonds is 4. The maximum atomic E-state index is 10.3. The molecule has 4 atom stereocenters. The number of aliphatic imine (C=N–C) groups is 2.